The standard InChI is InChI=1S/C12H19NOS/c1-10-5-6-11(14-10)8-13-9-12-4-2-3-7-15-12/h5-6,12-13H,2-4,7-9H2,1H3. The van der Waals surface area contributed by atoms with E-state index in [1.165, 1.54) is 25.0 Å². The summed E-state index contributed by atoms with van der Waals surface area (Å²) in [6.07, 6.45) is 4.17. The van der Waals surface area contributed by atoms with Gasteiger partial charge in [0.2, 0.25) is 0 Å². The van der Waals surface area contributed by atoms with Crippen molar-refractivity contribution < 1.29 is 4.42 Å². The molecule has 1 aliphatic rings. The average molecular weight is 225 g/mol. The van der Waals surface area contributed by atoms with Crippen LogP contribution in [-0.2, 0) is 6.54 Å². The Labute approximate surface area is 95.8 Å². The molecule has 15 heavy (non-hydrogen) atoms. The second-order valence-electron chi connectivity index (χ2n) is 4.13. The van der Waals surface area contributed by atoms with E-state index in [4.69, 9.17) is 4.42 Å². The first kappa shape index (κ1) is 11.1. The molecule has 0 amide bonds. The van der Waals surface area contributed by atoms with E-state index in [1.807, 2.05) is 13.0 Å². The first-order chi connectivity index (χ1) is 7.34. The molecule has 0 spiro atoms. The second-order valence-corrected chi connectivity index (χ2v) is 5.54. The summed E-state index contributed by atoms with van der Waals surface area (Å²) in [5.74, 6) is 3.39. The van der Waals surface area contributed by atoms with Gasteiger partial charge in [-0.25, -0.2) is 0 Å². The Bertz CT molecular complexity index is 292. The van der Waals surface area contributed by atoms with Crippen molar-refractivity contribution in [1.82, 2.24) is 5.32 Å². The lowest BCUT2D eigenvalue weighted by atomic mass is 10.2. The van der Waals surface area contributed by atoms with Gasteiger partial charge in [-0.2, -0.15) is 11.8 Å². The van der Waals surface area contributed by atoms with Gasteiger partial charge in [0.25, 0.3) is 0 Å². The van der Waals surface area contributed by atoms with Crippen LogP contribution in [-0.4, -0.2) is 17.5 Å². The van der Waals surface area contributed by atoms with E-state index in [2.05, 4.69) is 23.1 Å². The molecule has 2 rings (SSSR count). The van der Waals surface area contributed by atoms with Crippen molar-refractivity contribution in [2.45, 2.75) is 38.0 Å². The Morgan fingerprint density at radius 3 is 3.07 bits per heavy atom. The largest absolute Gasteiger partial charge is 0.465 e. The number of nitrogens with one attached hydrogen (secondary N) is 1. The summed E-state index contributed by atoms with van der Waals surface area (Å²) in [7, 11) is 0. The first-order valence-electron chi connectivity index (χ1n) is 5.72. The van der Waals surface area contributed by atoms with Crippen LogP contribution in [0.4, 0.5) is 0 Å². The summed E-state index contributed by atoms with van der Waals surface area (Å²) < 4.78 is 5.50. The Morgan fingerprint density at radius 2 is 2.40 bits per heavy atom. The van der Waals surface area contributed by atoms with E-state index >= 15 is 0 Å². The van der Waals surface area contributed by atoms with Gasteiger partial charge in [-0.15, -0.1) is 0 Å². The van der Waals surface area contributed by atoms with E-state index in [0.29, 0.717) is 0 Å². The van der Waals surface area contributed by atoms with Crippen LogP contribution >= 0.6 is 11.8 Å². The second kappa shape index (κ2) is 5.61. The monoisotopic (exact) mass is 225 g/mol. The molecule has 0 saturated carbocycles. The third-order valence-corrected chi connectivity index (χ3v) is 4.14. The zero-order chi connectivity index (χ0) is 10.5. The fourth-order valence-electron chi connectivity index (χ4n) is 1.90. The van der Waals surface area contributed by atoms with Crippen LogP contribution in [0.15, 0.2) is 16.5 Å². The lowest BCUT2D eigenvalue weighted by molar-refractivity contribution is 0.459. The maximum atomic E-state index is 5.50. The molecule has 3 heteroatoms. The van der Waals surface area contributed by atoms with E-state index < -0.39 is 0 Å². The maximum Gasteiger partial charge on any atom is 0.117 e. The molecule has 1 unspecified atom stereocenters. The van der Waals surface area contributed by atoms with Crippen molar-refractivity contribution in [2.24, 2.45) is 0 Å². The molecule has 1 N–H and O–H groups in total. The minimum Gasteiger partial charge on any atom is -0.465 e. The van der Waals surface area contributed by atoms with Crippen LogP contribution < -0.4 is 5.32 Å². The van der Waals surface area contributed by atoms with Crippen LogP contribution in [0, 0.1) is 6.92 Å². The third kappa shape index (κ3) is 3.58. The molecule has 84 valence electrons. The summed E-state index contributed by atoms with van der Waals surface area (Å²) in [6.45, 7) is 3.97. The molecule has 0 aromatic carbocycles. The molecule has 2 nitrogen and oxygen atoms in total. The van der Waals surface area contributed by atoms with Gasteiger partial charge in [-0.1, -0.05) is 6.42 Å². The lowest BCUT2D eigenvalue weighted by Gasteiger charge is -2.21. The Hall–Kier alpha value is -0.410. The summed E-state index contributed by atoms with van der Waals surface area (Å²) >= 11 is 2.11. The number of thioether (sulfide) groups is 1. The topological polar surface area (TPSA) is 25.2 Å². The normalized spacial score (nSPS) is 21.8. The molecular formula is C12H19NOS. The number of hydrogen-bond acceptors (Lipinski definition) is 3. The van der Waals surface area contributed by atoms with Crippen molar-refractivity contribution in [3.63, 3.8) is 0 Å². The van der Waals surface area contributed by atoms with Crippen molar-refractivity contribution in [3.8, 4) is 0 Å². The number of furan rings is 1. The van der Waals surface area contributed by atoms with Crippen LogP contribution in [0.25, 0.3) is 0 Å². The van der Waals surface area contributed by atoms with Gasteiger partial charge < -0.3 is 9.73 Å². The van der Waals surface area contributed by atoms with Crippen molar-refractivity contribution in [3.05, 3.63) is 23.7 Å². The van der Waals surface area contributed by atoms with Gasteiger partial charge in [-0.3, -0.25) is 0 Å². The SMILES string of the molecule is Cc1ccc(CNCC2CCCCS2)o1. The minimum absolute atomic E-state index is 0.815. The molecule has 1 atom stereocenters. The maximum absolute atomic E-state index is 5.50. The molecule has 1 aromatic heterocycles. The third-order valence-electron chi connectivity index (χ3n) is 2.74. The molecule has 1 fully saturated rings. The van der Waals surface area contributed by atoms with Gasteiger partial charge in [0, 0.05) is 11.8 Å². The summed E-state index contributed by atoms with van der Waals surface area (Å²) in [4.78, 5) is 0. The van der Waals surface area contributed by atoms with E-state index in [1.54, 1.807) is 0 Å². The number of aryl methyl sites for hydroxylation is 1. The van der Waals surface area contributed by atoms with Gasteiger partial charge in [0.15, 0.2) is 0 Å². The molecule has 0 bridgehead atoms. The van der Waals surface area contributed by atoms with Crippen molar-refractivity contribution in [2.75, 3.05) is 12.3 Å². The van der Waals surface area contributed by atoms with Gasteiger partial charge in [0.1, 0.15) is 11.5 Å². The van der Waals surface area contributed by atoms with Gasteiger partial charge >= 0.3 is 0 Å². The van der Waals surface area contributed by atoms with Gasteiger partial charge in [0.05, 0.1) is 6.54 Å². The molecular weight excluding hydrogens is 206 g/mol. The fourth-order valence-corrected chi connectivity index (χ4v) is 3.18. The van der Waals surface area contributed by atoms with E-state index in [0.717, 1.165) is 29.9 Å². The predicted octanol–water partition coefficient (Wildman–Crippen LogP) is 2.96. The molecule has 0 aliphatic carbocycles. The zero-order valence-electron chi connectivity index (χ0n) is 9.29. The Morgan fingerprint density at radius 1 is 1.47 bits per heavy atom. The van der Waals surface area contributed by atoms with Crippen LogP contribution in [0.3, 0.4) is 0 Å². The van der Waals surface area contributed by atoms with Crippen LogP contribution in [0.1, 0.15) is 30.8 Å². The quantitative estimate of drug-likeness (QED) is 0.853. The number of rotatable bonds is 4. The highest BCUT2D eigenvalue weighted by Gasteiger charge is 2.13. The fraction of sp³-hybridized carbons (Fsp3) is 0.667. The van der Waals surface area contributed by atoms with Crippen molar-refractivity contribution in [1.29, 1.82) is 0 Å². The zero-order valence-corrected chi connectivity index (χ0v) is 10.1. The Kier molecular flexibility index (Phi) is 4.15. The molecule has 1 aliphatic heterocycles. The summed E-state index contributed by atoms with van der Waals surface area (Å²) in [5.41, 5.74) is 0. The first-order valence-corrected chi connectivity index (χ1v) is 6.77. The predicted molar refractivity (Wildman–Crippen MR) is 65.2 cm³/mol. The highest BCUT2D eigenvalue weighted by Crippen LogP contribution is 2.24. The highest BCUT2D eigenvalue weighted by atomic mass is 32.2. The molecule has 0 radical (unpaired) electrons. The van der Waals surface area contributed by atoms with Crippen LogP contribution in [0.5, 0.6) is 0 Å². The summed E-state index contributed by atoms with van der Waals surface area (Å²) in [5, 5.41) is 4.28. The highest BCUT2D eigenvalue weighted by molar-refractivity contribution is 7.99. The smallest absolute Gasteiger partial charge is 0.117 e. The molecule has 1 aromatic rings. The summed E-state index contributed by atoms with van der Waals surface area (Å²) in [6, 6.07) is 4.07. The van der Waals surface area contributed by atoms with E-state index in [9.17, 15) is 0 Å². The van der Waals surface area contributed by atoms with E-state index in [-0.39, 0.29) is 0 Å². The number of hydrogen-bond donors (Lipinski definition) is 1. The minimum atomic E-state index is 0.815. The lowest BCUT2D eigenvalue weighted by Crippen LogP contribution is -2.26. The van der Waals surface area contributed by atoms with Crippen LogP contribution in [0.2, 0.25) is 0 Å². The Balaban J connectivity index is 1.65. The van der Waals surface area contributed by atoms with Crippen molar-refractivity contribution >= 4 is 11.8 Å². The molecule has 1 saturated heterocycles. The average Bonchev–Trinajstić information content (AvgIpc) is 2.66. The van der Waals surface area contributed by atoms with Gasteiger partial charge in [-0.05, 0) is 37.7 Å². The molecule has 2 heterocycles.